The average molecular weight is 714 g/mol. The SMILES string of the molecule is CN1C[C@H](Nc2cnn(C)c(=O)c2Br)C[C@H](c2ccc(CN3CCN(c4ccc5cc(C6CCC(=O)NC6=O)cnc5c4)CC3)cc2)C1. The monoisotopic (exact) mass is 712 g/mol. The number of likely N-dealkylation sites (N-methyl/N-ethyl adjacent to an activating group) is 1. The molecule has 250 valence electrons. The Kier molecular flexibility index (Phi) is 9.30. The number of imide groups is 1. The molecule has 2 aromatic carbocycles. The zero-order chi connectivity index (χ0) is 33.4. The summed E-state index contributed by atoms with van der Waals surface area (Å²) in [5.41, 5.74) is 6.19. The first-order chi connectivity index (χ1) is 23.2. The highest BCUT2D eigenvalue weighted by molar-refractivity contribution is 9.10. The van der Waals surface area contributed by atoms with Gasteiger partial charge < -0.3 is 15.1 Å². The molecule has 0 aliphatic carbocycles. The standard InChI is InChI=1S/C36H41BrN8O3/c1-42-21-27(16-28(22-42)40-32-19-39-43(2)36(48)34(32)37)24-5-3-23(4-6-24)20-44-11-13-45(14-12-44)29-8-7-25-15-26(18-38-31(25)17-29)30-9-10-33(46)41-35(30)47/h3-8,15,17-19,27-28,30,40H,9-14,16,20-22H2,1-2H3,(H,41,46,47)/t27-,28+,30?/m0/s1. The number of anilines is 2. The Morgan fingerprint density at radius 1 is 0.938 bits per heavy atom. The van der Waals surface area contributed by atoms with Gasteiger partial charge >= 0.3 is 0 Å². The van der Waals surface area contributed by atoms with Crippen LogP contribution >= 0.6 is 15.9 Å². The van der Waals surface area contributed by atoms with Gasteiger partial charge in [0.15, 0.2) is 0 Å². The predicted molar refractivity (Wildman–Crippen MR) is 190 cm³/mol. The topological polar surface area (TPSA) is 116 Å². The Hall–Kier alpha value is -4.13. The third kappa shape index (κ3) is 7.01. The summed E-state index contributed by atoms with van der Waals surface area (Å²) in [6.07, 6.45) is 5.36. The number of aromatic nitrogens is 3. The number of nitrogens with one attached hydrogen (secondary N) is 2. The Morgan fingerprint density at radius 2 is 1.73 bits per heavy atom. The molecule has 2 N–H and O–H groups in total. The molecule has 0 radical (unpaired) electrons. The van der Waals surface area contributed by atoms with Crippen LogP contribution in [-0.4, -0.2) is 88.7 Å². The Bertz CT molecular complexity index is 1890. The molecule has 2 aromatic heterocycles. The van der Waals surface area contributed by atoms with Crippen molar-refractivity contribution in [2.45, 2.75) is 43.7 Å². The second kappa shape index (κ2) is 13.8. The zero-order valence-electron chi connectivity index (χ0n) is 27.4. The minimum absolute atomic E-state index is 0.146. The second-order valence-electron chi connectivity index (χ2n) is 13.5. The van der Waals surface area contributed by atoms with E-state index in [1.807, 2.05) is 6.07 Å². The van der Waals surface area contributed by atoms with E-state index in [1.54, 1.807) is 19.4 Å². The molecule has 0 bridgehead atoms. The van der Waals surface area contributed by atoms with Crippen LogP contribution in [0, 0.1) is 0 Å². The maximum absolute atomic E-state index is 12.3. The molecule has 3 atom stereocenters. The number of benzene rings is 2. The van der Waals surface area contributed by atoms with Crippen LogP contribution in [0.1, 0.15) is 47.8 Å². The summed E-state index contributed by atoms with van der Waals surface area (Å²) in [6, 6.07) is 17.7. The third-order valence-electron chi connectivity index (χ3n) is 10.00. The van der Waals surface area contributed by atoms with Crippen LogP contribution in [0.5, 0.6) is 0 Å². The molecule has 5 heterocycles. The zero-order valence-corrected chi connectivity index (χ0v) is 28.9. The van der Waals surface area contributed by atoms with E-state index in [4.69, 9.17) is 0 Å². The van der Waals surface area contributed by atoms with Gasteiger partial charge in [0.1, 0.15) is 4.47 Å². The van der Waals surface area contributed by atoms with Gasteiger partial charge in [0.05, 0.1) is 23.3 Å². The minimum Gasteiger partial charge on any atom is -0.379 e. The predicted octanol–water partition coefficient (Wildman–Crippen LogP) is 3.83. The van der Waals surface area contributed by atoms with Gasteiger partial charge in [-0.05, 0) is 76.6 Å². The summed E-state index contributed by atoms with van der Waals surface area (Å²) >= 11 is 3.45. The van der Waals surface area contributed by atoms with Crippen LogP contribution in [0.2, 0.25) is 0 Å². The summed E-state index contributed by atoms with van der Waals surface area (Å²) in [7, 11) is 3.81. The van der Waals surface area contributed by atoms with E-state index in [-0.39, 0.29) is 29.3 Å². The molecule has 7 rings (SSSR count). The average Bonchev–Trinajstić information content (AvgIpc) is 3.08. The smallest absolute Gasteiger partial charge is 0.282 e. The molecule has 12 heteroatoms. The van der Waals surface area contributed by atoms with E-state index < -0.39 is 0 Å². The molecular formula is C36H41BrN8O3. The molecule has 0 saturated carbocycles. The van der Waals surface area contributed by atoms with Crippen molar-refractivity contribution in [1.29, 1.82) is 0 Å². The molecule has 3 saturated heterocycles. The molecule has 0 spiro atoms. The van der Waals surface area contributed by atoms with Crippen molar-refractivity contribution in [3.8, 4) is 0 Å². The molecule has 11 nitrogen and oxygen atoms in total. The number of piperidine rings is 2. The molecule has 3 aliphatic rings. The van der Waals surface area contributed by atoms with Crippen LogP contribution in [0.4, 0.5) is 11.4 Å². The molecule has 3 fully saturated rings. The summed E-state index contributed by atoms with van der Waals surface area (Å²) in [4.78, 5) is 48.2. The fourth-order valence-corrected chi connectivity index (χ4v) is 7.81. The number of carbonyl (C=O) groups excluding carboxylic acids is 2. The quantitative estimate of drug-likeness (QED) is 0.276. The molecule has 1 unspecified atom stereocenters. The van der Waals surface area contributed by atoms with Crippen LogP contribution in [0.15, 0.2) is 70.2 Å². The number of halogens is 1. The maximum atomic E-state index is 12.3. The Balaban J connectivity index is 0.928. The lowest BCUT2D eigenvalue weighted by atomic mass is 9.87. The highest BCUT2D eigenvalue weighted by Crippen LogP contribution is 2.31. The van der Waals surface area contributed by atoms with Gasteiger partial charge in [0.25, 0.3) is 5.56 Å². The highest BCUT2D eigenvalue weighted by atomic mass is 79.9. The van der Waals surface area contributed by atoms with Gasteiger partial charge in [0.2, 0.25) is 11.8 Å². The van der Waals surface area contributed by atoms with Gasteiger partial charge in [-0.3, -0.25) is 29.6 Å². The first kappa shape index (κ1) is 32.4. The number of aryl methyl sites for hydroxylation is 1. The van der Waals surface area contributed by atoms with Crippen molar-refractivity contribution in [2.24, 2.45) is 7.05 Å². The fourth-order valence-electron chi connectivity index (χ4n) is 7.34. The number of hydrogen-bond donors (Lipinski definition) is 2. The molecule has 2 amide bonds. The van der Waals surface area contributed by atoms with Crippen molar-refractivity contribution in [1.82, 2.24) is 29.9 Å². The summed E-state index contributed by atoms with van der Waals surface area (Å²) in [5.74, 6) is -0.363. The molecular weight excluding hydrogens is 672 g/mol. The first-order valence-corrected chi connectivity index (χ1v) is 17.5. The Labute approximate surface area is 288 Å². The summed E-state index contributed by atoms with van der Waals surface area (Å²) in [6.45, 7) is 6.68. The van der Waals surface area contributed by atoms with E-state index in [0.29, 0.717) is 23.2 Å². The summed E-state index contributed by atoms with van der Waals surface area (Å²) in [5, 5.41) is 11.2. The van der Waals surface area contributed by atoms with Crippen LogP contribution in [-0.2, 0) is 23.2 Å². The minimum atomic E-state index is -0.327. The molecule has 3 aliphatic heterocycles. The molecule has 48 heavy (non-hydrogen) atoms. The number of carbonyl (C=O) groups is 2. The van der Waals surface area contributed by atoms with Crippen LogP contribution in [0.3, 0.4) is 0 Å². The highest BCUT2D eigenvalue weighted by Gasteiger charge is 2.29. The van der Waals surface area contributed by atoms with Gasteiger partial charge in [-0.25, -0.2) is 4.68 Å². The fraction of sp³-hybridized carbons (Fsp3) is 0.417. The third-order valence-corrected chi connectivity index (χ3v) is 10.8. The van der Waals surface area contributed by atoms with Crippen molar-refractivity contribution >= 4 is 50.0 Å². The number of fused-ring (bicyclic) bond motifs is 1. The van der Waals surface area contributed by atoms with Crippen LogP contribution < -0.4 is 21.1 Å². The van der Waals surface area contributed by atoms with E-state index in [1.165, 1.54) is 15.8 Å². The number of amides is 2. The number of likely N-dealkylation sites (tertiary alicyclic amines) is 1. The number of nitrogens with zero attached hydrogens (tertiary/aromatic N) is 6. The van der Waals surface area contributed by atoms with E-state index in [0.717, 1.165) is 80.1 Å². The second-order valence-corrected chi connectivity index (χ2v) is 14.2. The number of rotatable bonds is 7. The van der Waals surface area contributed by atoms with Gasteiger partial charge in [-0.2, -0.15) is 5.10 Å². The largest absolute Gasteiger partial charge is 0.379 e. The lowest BCUT2D eigenvalue weighted by molar-refractivity contribution is -0.134. The number of pyridine rings is 1. The molecule has 4 aromatic rings. The van der Waals surface area contributed by atoms with Crippen LogP contribution in [0.25, 0.3) is 10.9 Å². The van der Waals surface area contributed by atoms with E-state index >= 15 is 0 Å². The van der Waals surface area contributed by atoms with Gasteiger partial charge in [-0.15, -0.1) is 0 Å². The first-order valence-electron chi connectivity index (χ1n) is 16.7. The van der Waals surface area contributed by atoms with Crippen molar-refractivity contribution < 1.29 is 9.59 Å². The Morgan fingerprint density at radius 3 is 2.50 bits per heavy atom. The van der Waals surface area contributed by atoms with Crippen molar-refractivity contribution in [3.63, 3.8) is 0 Å². The van der Waals surface area contributed by atoms with E-state index in [9.17, 15) is 14.4 Å². The lowest BCUT2D eigenvalue weighted by Gasteiger charge is -2.37. The van der Waals surface area contributed by atoms with Crippen molar-refractivity contribution in [3.05, 3.63) is 92.4 Å². The number of piperazine rings is 1. The number of hydrogen-bond acceptors (Lipinski definition) is 9. The maximum Gasteiger partial charge on any atom is 0.282 e. The van der Waals surface area contributed by atoms with Crippen molar-refractivity contribution in [2.75, 3.05) is 56.5 Å². The van der Waals surface area contributed by atoms with E-state index in [2.05, 4.69) is 101 Å². The lowest BCUT2D eigenvalue weighted by Crippen LogP contribution is -2.46. The normalized spacial score (nSPS) is 22.6. The van der Waals surface area contributed by atoms with Gasteiger partial charge in [0, 0.05) is 82.6 Å². The summed E-state index contributed by atoms with van der Waals surface area (Å²) < 4.78 is 1.85. The van der Waals surface area contributed by atoms with Gasteiger partial charge in [-0.1, -0.05) is 30.3 Å².